The number of carbonyl (C=O) groups excluding carboxylic acids is 1. The van der Waals surface area contributed by atoms with Crippen LogP contribution in [-0.2, 0) is 4.79 Å². The van der Waals surface area contributed by atoms with Gasteiger partial charge < -0.3 is 10.0 Å². The van der Waals surface area contributed by atoms with Gasteiger partial charge in [-0.2, -0.15) is 0 Å². The highest BCUT2D eigenvalue weighted by molar-refractivity contribution is 7.13. The summed E-state index contributed by atoms with van der Waals surface area (Å²) in [6.07, 6.45) is 2.91. The Labute approximate surface area is 109 Å². The molecule has 2 heterocycles. The van der Waals surface area contributed by atoms with Gasteiger partial charge in [-0.05, 0) is 25.7 Å². The van der Waals surface area contributed by atoms with E-state index >= 15 is 0 Å². The number of piperidine rings is 1. The smallest absolute Gasteiger partial charge is 0.326 e. The van der Waals surface area contributed by atoms with Crippen LogP contribution in [0.2, 0.25) is 0 Å². The van der Waals surface area contributed by atoms with E-state index in [2.05, 4.69) is 4.98 Å². The molecule has 2 unspecified atom stereocenters. The molecule has 0 saturated carbocycles. The molecule has 1 fully saturated rings. The fourth-order valence-electron chi connectivity index (χ4n) is 2.22. The van der Waals surface area contributed by atoms with Gasteiger partial charge in [-0.1, -0.05) is 6.92 Å². The van der Waals surface area contributed by atoms with Gasteiger partial charge in [0.05, 0.1) is 11.2 Å². The molecule has 0 bridgehead atoms. The summed E-state index contributed by atoms with van der Waals surface area (Å²) in [5.74, 6) is -0.783. The van der Waals surface area contributed by atoms with Crippen molar-refractivity contribution in [3.63, 3.8) is 0 Å². The monoisotopic (exact) mass is 268 g/mol. The molecular weight excluding hydrogens is 252 g/mol. The highest BCUT2D eigenvalue weighted by Gasteiger charge is 2.35. The van der Waals surface area contributed by atoms with Crippen LogP contribution < -0.4 is 0 Å². The molecule has 0 spiro atoms. The zero-order valence-electron chi connectivity index (χ0n) is 10.4. The van der Waals surface area contributed by atoms with E-state index in [1.807, 2.05) is 13.8 Å². The summed E-state index contributed by atoms with van der Waals surface area (Å²) in [6.45, 7) is 4.36. The van der Waals surface area contributed by atoms with Crippen molar-refractivity contribution in [1.29, 1.82) is 0 Å². The standard InChI is InChI=1S/C12H16N2O3S/c1-7-3-4-14(9(5-7)12(16)17)11(15)10-6-13-8(2)18-10/h6-7,9H,3-5H2,1-2H3,(H,16,17). The third kappa shape index (κ3) is 2.53. The summed E-state index contributed by atoms with van der Waals surface area (Å²) in [4.78, 5) is 29.5. The number of likely N-dealkylation sites (tertiary alicyclic amines) is 1. The topological polar surface area (TPSA) is 70.5 Å². The highest BCUT2D eigenvalue weighted by atomic mass is 32.1. The summed E-state index contributed by atoms with van der Waals surface area (Å²) >= 11 is 1.31. The van der Waals surface area contributed by atoms with Gasteiger partial charge in [0.15, 0.2) is 0 Å². The Bertz CT molecular complexity index is 472. The molecule has 1 aliphatic heterocycles. The van der Waals surface area contributed by atoms with Gasteiger partial charge in [0.1, 0.15) is 10.9 Å². The van der Waals surface area contributed by atoms with Crippen LogP contribution in [-0.4, -0.2) is 39.5 Å². The lowest BCUT2D eigenvalue weighted by molar-refractivity contribution is -0.144. The Kier molecular flexibility index (Phi) is 3.65. The first-order chi connectivity index (χ1) is 8.49. The second kappa shape index (κ2) is 5.06. The zero-order valence-corrected chi connectivity index (χ0v) is 11.2. The summed E-state index contributed by atoms with van der Waals surface area (Å²) < 4.78 is 0. The van der Waals surface area contributed by atoms with E-state index in [0.29, 0.717) is 23.8 Å². The van der Waals surface area contributed by atoms with E-state index < -0.39 is 12.0 Å². The predicted molar refractivity (Wildman–Crippen MR) is 67.7 cm³/mol. The first kappa shape index (κ1) is 13.0. The van der Waals surface area contributed by atoms with Crippen molar-refractivity contribution in [3.8, 4) is 0 Å². The van der Waals surface area contributed by atoms with Crippen LogP contribution in [0.4, 0.5) is 0 Å². The molecule has 0 aliphatic carbocycles. The molecule has 2 rings (SSSR count). The van der Waals surface area contributed by atoms with Crippen molar-refractivity contribution >= 4 is 23.2 Å². The minimum absolute atomic E-state index is 0.208. The maximum atomic E-state index is 12.3. The molecule has 1 aliphatic rings. The van der Waals surface area contributed by atoms with Gasteiger partial charge in [0, 0.05) is 6.54 Å². The number of nitrogens with zero attached hydrogens (tertiary/aromatic N) is 2. The van der Waals surface area contributed by atoms with Crippen molar-refractivity contribution in [2.45, 2.75) is 32.7 Å². The van der Waals surface area contributed by atoms with Crippen molar-refractivity contribution in [2.75, 3.05) is 6.54 Å². The summed E-state index contributed by atoms with van der Waals surface area (Å²) in [7, 11) is 0. The van der Waals surface area contributed by atoms with Crippen LogP contribution in [0.1, 0.15) is 34.4 Å². The normalized spacial score (nSPS) is 24.0. The van der Waals surface area contributed by atoms with Gasteiger partial charge in [-0.3, -0.25) is 4.79 Å². The van der Waals surface area contributed by atoms with E-state index in [9.17, 15) is 14.7 Å². The average Bonchev–Trinajstić information content (AvgIpc) is 2.75. The second-order valence-corrected chi connectivity index (χ2v) is 5.96. The molecular formula is C12H16N2O3S. The quantitative estimate of drug-likeness (QED) is 0.887. The summed E-state index contributed by atoms with van der Waals surface area (Å²) in [5.41, 5.74) is 0. The van der Waals surface area contributed by atoms with Crippen LogP contribution in [0.3, 0.4) is 0 Å². The number of amides is 1. The van der Waals surface area contributed by atoms with Gasteiger partial charge in [0.2, 0.25) is 0 Å². The largest absolute Gasteiger partial charge is 0.480 e. The third-order valence-corrected chi connectivity index (χ3v) is 4.14. The fraction of sp³-hybridized carbons (Fsp3) is 0.583. The Hall–Kier alpha value is -1.43. The Morgan fingerprint density at radius 1 is 1.56 bits per heavy atom. The van der Waals surface area contributed by atoms with Crippen LogP contribution in [0.15, 0.2) is 6.20 Å². The van der Waals surface area contributed by atoms with E-state index in [0.717, 1.165) is 11.4 Å². The number of carboxylic acid groups (broad SMARTS) is 1. The number of rotatable bonds is 2. The lowest BCUT2D eigenvalue weighted by Gasteiger charge is -2.35. The third-order valence-electron chi connectivity index (χ3n) is 3.24. The van der Waals surface area contributed by atoms with Crippen molar-refractivity contribution < 1.29 is 14.7 Å². The first-order valence-electron chi connectivity index (χ1n) is 5.95. The van der Waals surface area contributed by atoms with Gasteiger partial charge in [0.25, 0.3) is 5.91 Å². The summed E-state index contributed by atoms with van der Waals surface area (Å²) in [6, 6.07) is -0.705. The molecule has 1 saturated heterocycles. The van der Waals surface area contributed by atoms with Crippen LogP contribution in [0.25, 0.3) is 0 Å². The van der Waals surface area contributed by atoms with Gasteiger partial charge in [-0.25, -0.2) is 9.78 Å². The average molecular weight is 268 g/mol. The SMILES string of the molecule is Cc1ncc(C(=O)N2CCC(C)CC2C(=O)O)s1. The Morgan fingerprint density at radius 3 is 2.83 bits per heavy atom. The van der Waals surface area contributed by atoms with Crippen LogP contribution in [0.5, 0.6) is 0 Å². The Balaban J connectivity index is 2.20. The number of hydrogen-bond donors (Lipinski definition) is 1. The molecule has 5 nitrogen and oxygen atoms in total. The van der Waals surface area contributed by atoms with Gasteiger partial charge in [-0.15, -0.1) is 11.3 Å². The maximum Gasteiger partial charge on any atom is 0.326 e. The van der Waals surface area contributed by atoms with Crippen molar-refractivity contribution in [1.82, 2.24) is 9.88 Å². The maximum absolute atomic E-state index is 12.3. The van der Waals surface area contributed by atoms with Crippen molar-refractivity contribution in [2.24, 2.45) is 5.92 Å². The van der Waals surface area contributed by atoms with Crippen molar-refractivity contribution in [3.05, 3.63) is 16.1 Å². The molecule has 1 amide bonds. The minimum atomic E-state index is -0.920. The van der Waals surface area contributed by atoms with Crippen LogP contribution >= 0.6 is 11.3 Å². The number of thiazole rings is 1. The minimum Gasteiger partial charge on any atom is -0.480 e. The number of carbonyl (C=O) groups is 2. The predicted octanol–water partition coefficient (Wildman–Crippen LogP) is 1.78. The fourth-order valence-corrected chi connectivity index (χ4v) is 2.95. The first-order valence-corrected chi connectivity index (χ1v) is 6.77. The molecule has 98 valence electrons. The van der Waals surface area contributed by atoms with Crippen LogP contribution in [0, 0.1) is 12.8 Å². The zero-order chi connectivity index (χ0) is 13.3. The molecule has 18 heavy (non-hydrogen) atoms. The molecule has 1 aromatic heterocycles. The molecule has 6 heteroatoms. The highest BCUT2D eigenvalue weighted by Crippen LogP contribution is 2.25. The molecule has 0 aromatic carbocycles. The molecule has 1 N–H and O–H groups in total. The van der Waals surface area contributed by atoms with E-state index in [4.69, 9.17) is 0 Å². The van der Waals surface area contributed by atoms with E-state index in [1.165, 1.54) is 22.4 Å². The number of aliphatic carboxylic acids is 1. The second-order valence-electron chi connectivity index (χ2n) is 4.73. The number of aromatic nitrogens is 1. The number of aryl methyl sites for hydroxylation is 1. The van der Waals surface area contributed by atoms with E-state index in [-0.39, 0.29) is 5.91 Å². The van der Waals surface area contributed by atoms with E-state index in [1.54, 1.807) is 0 Å². The number of hydrogen-bond acceptors (Lipinski definition) is 4. The van der Waals surface area contributed by atoms with Gasteiger partial charge >= 0.3 is 5.97 Å². The number of carboxylic acids is 1. The molecule has 2 atom stereocenters. The lowest BCUT2D eigenvalue weighted by Crippen LogP contribution is -2.49. The Morgan fingerprint density at radius 2 is 2.28 bits per heavy atom. The lowest BCUT2D eigenvalue weighted by atomic mass is 9.92. The molecule has 0 radical (unpaired) electrons. The summed E-state index contributed by atoms with van der Waals surface area (Å²) in [5, 5.41) is 10.0. The molecule has 1 aromatic rings.